The fourth-order valence-corrected chi connectivity index (χ4v) is 4.49. The molecule has 0 spiro atoms. The van der Waals surface area contributed by atoms with E-state index in [1.807, 2.05) is 0 Å². The third-order valence-corrected chi connectivity index (χ3v) is 6.43. The van der Waals surface area contributed by atoms with Gasteiger partial charge in [0.05, 0.1) is 5.75 Å². The minimum atomic E-state index is -3.82. The molecule has 27 heavy (non-hydrogen) atoms. The summed E-state index contributed by atoms with van der Waals surface area (Å²) < 4.78 is 30.4. The van der Waals surface area contributed by atoms with Gasteiger partial charge >= 0.3 is 0 Å². The van der Waals surface area contributed by atoms with Crippen LogP contribution >= 0.6 is 0 Å². The Bertz CT molecular complexity index is 443. The van der Waals surface area contributed by atoms with Crippen LogP contribution in [0.15, 0.2) is 0 Å². The molecule has 6 heteroatoms. The zero-order valence-corrected chi connectivity index (χ0v) is 18.4. The highest BCUT2D eigenvalue weighted by Gasteiger charge is 2.18. The Labute approximate surface area is 168 Å². The summed E-state index contributed by atoms with van der Waals surface area (Å²) in [6.45, 7) is 5.99. The van der Waals surface area contributed by atoms with E-state index in [1.54, 1.807) is 0 Å². The minimum Gasteiger partial charge on any atom is -0.311 e. The van der Waals surface area contributed by atoms with Crippen LogP contribution in [-0.4, -0.2) is 55.8 Å². The summed E-state index contributed by atoms with van der Waals surface area (Å²) in [6.07, 6.45) is 18.3. The molecule has 1 rings (SSSR count). The summed E-state index contributed by atoms with van der Waals surface area (Å²) in [5, 5.41) is 3.59. The van der Waals surface area contributed by atoms with Crippen LogP contribution in [0.2, 0.25) is 0 Å². The van der Waals surface area contributed by atoms with Crippen molar-refractivity contribution >= 4 is 10.1 Å². The molecule has 1 atom stereocenters. The number of hydrogen-bond acceptors (Lipinski definition) is 4. The standard InChI is InChI=1S/C21H44N2O3S/c1-2-3-4-5-6-7-8-9-10-11-12-13-15-21-20-23(18-16-22-21)17-14-19-27(24,25)26/h21-22H,2-20H2,1H3,(H,24,25,26). The van der Waals surface area contributed by atoms with Crippen LogP contribution in [-0.2, 0) is 10.1 Å². The van der Waals surface area contributed by atoms with Gasteiger partial charge in [-0.05, 0) is 19.4 Å². The summed E-state index contributed by atoms with van der Waals surface area (Å²) in [7, 11) is -3.82. The molecular formula is C21H44N2O3S. The molecule has 0 aliphatic carbocycles. The maximum absolute atomic E-state index is 10.8. The van der Waals surface area contributed by atoms with E-state index in [0.717, 1.165) is 26.2 Å². The average Bonchev–Trinajstić information content (AvgIpc) is 2.62. The average molecular weight is 405 g/mol. The van der Waals surface area contributed by atoms with Gasteiger partial charge < -0.3 is 10.2 Å². The fourth-order valence-electron chi connectivity index (χ4n) is 3.99. The Morgan fingerprint density at radius 1 is 0.889 bits per heavy atom. The van der Waals surface area contributed by atoms with Crippen molar-refractivity contribution in [2.24, 2.45) is 0 Å². The second kappa shape index (κ2) is 15.7. The van der Waals surface area contributed by atoms with Crippen molar-refractivity contribution in [3.63, 3.8) is 0 Å². The number of unbranched alkanes of at least 4 members (excludes halogenated alkanes) is 11. The van der Waals surface area contributed by atoms with Crippen LogP contribution in [0.4, 0.5) is 0 Å². The van der Waals surface area contributed by atoms with Gasteiger partial charge in [-0.1, -0.05) is 84.0 Å². The van der Waals surface area contributed by atoms with Gasteiger partial charge in [-0.25, -0.2) is 0 Å². The van der Waals surface area contributed by atoms with Crippen LogP contribution in [0.25, 0.3) is 0 Å². The molecule has 0 amide bonds. The third-order valence-electron chi connectivity index (χ3n) is 5.62. The normalized spacial score (nSPS) is 18.8. The lowest BCUT2D eigenvalue weighted by atomic mass is 10.0. The van der Waals surface area contributed by atoms with Gasteiger partial charge in [0, 0.05) is 25.7 Å². The lowest BCUT2D eigenvalue weighted by molar-refractivity contribution is 0.193. The minimum absolute atomic E-state index is 0.125. The summed E-state index contributed by atoms with van der Waals surface area (Å²) in [5.74, 6) is -0.125. The number of rotatable bonds is 17. The van der Waals surface area contributed by atoms with Crippen LogP contribution < -0.4 is 5.32 Å². The predicted molar refractivity (Wildman–Crippen MR) is 115 cm³/mol. The monoisotopic (exact) mass is 404 g/mol. The van der Waals surface area contributed by atoms with Crippen molar-refractivity contribution in [1.29, 1.82) is 0 Å². The number of nitrogens with one attached hydrogen (secondary N) is 1. The van der Waals surface area contributed by atoms with Gasteiger partial charge in [0.1, 0.15) is 0 Å². The van der Waals surface area contributed by atoms with Gasteiger partial charge in [-0.3, -0.25) is 4.55 Å². The Morgan fingerprint density at radius 3 is 2.00 bits per heavy atom. The largest absolute Gasteiger partial charge is 0.311 e. The molecule has 0 aromatic heterocycles. The van der Waals surface area contributed by atoms with Crippen molar-refractivity contribution < 1.29 is 13.0 Å². The van der Waals surface area contributed by atoms with Gasteiger partial charge in [-0.15, -0.1) is 0 Å². The molecule has 5 nitrogen and oxygen atoms in total. The van der Waals surface area contributed by atoms with Gasteiger partial charge in [0.25, 0.3) is 10.1 Å². The van der Waals surface area contributed by atoms with E-state index in [-0.39, 0.29) is 5.75 Å². The molecule has 1 aliphatic rings. The van der Waals surface area contributed by atoms with Crippen LogP contribution in [0.3, 0.4) is 0 Å². The number of piperazine rings is 1. The molecule has 0 aromatic rings. The van der Waals surface area contributed by atoms with Crippen LogP contribution in [0.5, 0.6) is 0 Å². The molecule has 0 bridgehead atoms. The maximum atomic E-state index is 10.8. The predicted octanol–water partition coefficient (Wildman–Crippen LogP) is 4.63. The molecule has 1 heterocycles. The molecular weight excluding hydrogens is 360 g/mol. The molecule has 0 radical (unpaired) electrons. The number of nitrogens with zero attached hydrogens (tertiary/aromatic N) is 1. The van der Waals surface area contributed by atoms with Gasteiger partial charge in [-0.2, -0.15) is 8.42 Å². The highest BCUT2D eigenvalue weighted by Crippen LogP contribution is 2.14. The van der Waals surface area contributed by atoms with Crippen molar-refractivity contribution in [3.05, 3.63) is 0 Å². The van der Waals surface area contributed by atoms with E-state index in [4.69, 9.17) is 4.55 Å². The van der Waals surface area contributed by atoms with Gasteiger partial charge in [0.15, 0.2) is 0 Å². The zero-order chi connectivity index (χ0) is 19.8. The van der Waals surface area contributed by atoms with Crippen molar-refractivity contribution in [3.8, 4) is 0 Å². The van der Waals surface area contributed by atoms with Gasteiger partial charge in [0.2, 0.25) is 0 Å². The highest BCUT2D eigenvalue weighted by atomic mass is 32.2. The third kappa shape index (κ3) is 15.4. The fraction of sp³-hybridized carbons (Fsp3) is 1.00. The second-order valence-electron chi connectivity index (χ2n) is 8.27. The molecule has 1 fully saturated rings. The lowest BCUT2D eigenvalue weighted by Gasteiger charge is -2.33. The van der Waals surface area contributed by atoms with E-state index in [0.29, 0.717) is 12.5 Å². The van der Waals surface area contributed by atoms with Crippen LogP contribution in [0, 0.1) is 0 Å². The number of hydrogen-bond donors (Lipinski definition) is 2. The van der Waals surface area contributed by atoms with Crippen molar-refractivity contribution in [2.45, 2.75) is 103 Å². The first-order valence-electron chi connectivity index (χ1n) is 11.4. The summed E-state index contributed by atoms with van der Waals surface area (Å²) in [5.41, 5.74) is 0. The van der Waals surface area contributed by atoms with Crippen molar-refractivity contribution in [2.75, 3.05) is 31.9 Å². The van der Waals surface area contributed by atoms with E-state index >= 15 is 0 Å². The Kier molecular flexibility index (Phi) is 14.5. The van der Waals surface area contributed by atoms with Crippen LogP contribution in [0.1, 0.15) is 96.8 Å². The topological polar surface area (TPSA) is 69.6 Å². The Hall–Kier alpha value is -0.170. The van der Waals surface area contributed by atoms with E-state index in [1.165, 1.54) is 83.5 Å². The highest BCUT2D eigenvalue weighted by molar-refractivity contribution is 7.85. The molecule has 2 N–H and O–H groups in total. The molecule has 0 aromatic carbocycles. The van der Waals surface area contributed by atoms with Crippen molar-refractivity contribution in [1.82, 2.24) is 10.2 Å². The summed E-state index contributed by atoms with van der Waals surface area (Å²) in [6, 6.07) is 0.535. The molecule has 162 valence electrons. The van der Waals surface area contributed by atoms with E-state index in [2.05, 4.69) is 17.1 Å². The first-order valence-corrected chi connectivity index (χ1v) is 13.0. The second-order valence-corrected chi connectivity index (χ2v) is 9.84. The van der Waals surface area contributed by atoms with E-state index in [9.17, 15) is 8.42 Å². The first kappa shape index (κ1) is 24.9. The quantitative estimate of drug-likeness (QED) is 0.273. The smallest absolute Gasteiger partial charge is 0.264 e. The Morgan fingerprint density at radius 2 is 1.44 bits per heavy atom. The summed E-state index contributed by atoms with van der Waals surface area (Å²) in [4.78, 5) is 2.33. The first-order chi connectivity index (χ1) is 13.0. The molecule has 1 aliphatic heterocycles. The Balaban J connectivity index is 1.91. The molecule has 1 saturated heterocycles. The van der Waals surface area contributed by atoms with E-state index < -0.39 is 10.1 Å². The zero-order valence-electron chi connectivity index (χ0n) is 17.6. The summed E-state index contributed by atoms with van der Waals surface area (Å²) >= 11 is 0. The molecule has 1 unspecified atom stereocenters. The lowest BCUT2D eigenvalue weighted by Crippen LogP contribution is -2.50. The maximum Gasteiger partial charge on any atom is 0.264 e. The SMILES string of the molecule is CCCCCCCCCCCCCCC1CN(CCCS(=O)(=O)O)CCN1. The molecule has 0 saturated carbocycles.